The van der Waals surface area contributed by atoms with E-state index in [1.165, 1.54) is 19.1 Å². The lowest BCUT2D eigenvalue weighted by Crippen LogP contribution is -2.47. The number of piperidine rings is 1. The summed E-state index contributed by atoms with van der Waals surface area (Å²) in [5.41, 5.74) is 0.551. The number of carbonyl (C=O) groups is 2. The Bertz CT molecular complexity index is 750. The first-order valence-corrected chi connectivity index (χ1v) is 10.9. The Morgan fingerprint density at radius 1 is 1.11 bits per heavy atom. The molecule has 0 aromatic heterocycles. The van der Waals surface area contributed by atoms with Gasteiger partial charge >= 0.3 is 0 Å². The van der Waals surface area contributed by atoms with Gasteiger partial charge in [0.05, 0.1) is 4.90 Å². The van der Waals surface area contributed by atoms with Crippen LogP contribution >= 0.6 is 0 Å². The molecule has 8 heteroatoms. The van der Waals surface area contributed by atoms with E-state index >= 15 is 0 Å². The third-order valence-electron chi connectivity index (χ3n) is 4.95. The fourth-order valence-corrected chi connectivity index (χ4v) is 4.63. The summed E-state index contributed by atoms with van der Waals surface area (Å²) in [5, 5.41) is 2.61. The van der Waals surface area contributed by atoms with E-state index in [1.807, 2.05) is 18.7 Å². The zero-order valence-corrected chi connectivity index (χ0v) is 17.0. The van der Waals surface area contributed by atoms with Crippen LogP contribution in [0.15, 0.2) is 29.2 Å². The van der Waals surface area contributed by atoms with Gasteiger partial charge in [-0.25, -0.2) is 13.1 Å². The molecule has 0 atom stereocenters. The fraction of sp³-hybridized carbons (Fsp3) is 0.579. The van der Waals surface area contributed by atoms with Crippen LogP contribution in [0.2, 0.25) is 0 Å². The van der Waals surface area contributed by atoms with Crippen molar-refractivity contribution in [1.82, 2.24) is 9.62 Å². The lowest BCUT2D eigenvalue weighted by atomic mass is 9.99. The van der Waals surface area contributed by atoms with Gasteiger partial charge in [-0.05, 0) is 49.9 Å². The summed E-state index contributed by atoms with van der Waals surface area (Å²) in [6.07, 6.45) is 2.87. The van der Waals surface area contributed by atoms with E-state index in [1.54, 1.807) is 12.1 Å². The molecule has 0 spiro atoms. The molecule has 1 fully saturated rings. The molecule has 1 heterocycles. The molecular formula is C19H29N3O4S. The molecule has 0 aliphatic carbocycles. The molecular weight excluding hydrogens is 366 g/mol. The Hall–Kier alpha value is -1.93. The van der Waals surface area contributed by atoms with Crippen molar-refractivity contribution in [3.63, 3.8) is 0 Å². The smallest absolute Gasteiger partial charge is 0.240 e. The van der Waals surface area contributed by atoms with Gasteiger partial charge in [-0.3, -0.25) is 9.59 Å². The van der Waals surface area contributed by atoms with E-state index in [9.17, 15) is 18.0 Å². The highest BCUT2D eigenvalue weighted by Gasteiger charge is 2.28. The van der Waals surface area contributed by atoms with Crippen molar-refractivity contribution in [2.45, 2.75) is 57.4 Å². The number of anilines is 1. The van der Waals surface area contributed by atoms with Gasteiger partial charge in [0.25, 0.3) is 0 Å². The van der Waals surface area contributed by atoms with E-state index in [0.717, 1.165) is 12.8 Å². The predicted octanol–water partition coefficient (Wildman–Crippen LogP) is 2.35. The topological polar surface area (TPSA) is 95.6 Å². The van der Waals surface area contributed by atoms with E-state index in [2.05, 4.69) is 10.0 Å². The maximum absolute atomic E-state index is 12.6. The average molecular weight is 396 g/mol. The molecule has 0 unspecified atom stereocenters. The number of hydrogen-bond donors (Lipinski definition) is 2. The number of likely N-dealkylation sites (tertiary alicyclic amines) is 1. The molecule has 1 aromatic carbocycles. The number of rotatable bonds is 7. The van der Waals surface area contributed by atoms with Crippen molar-refractivity contribution in [3.05, 3.63) is 24.3 Å². The predicted molar refractivity (Wildman–Crippen MR) is 105 cm³/mol. The summed E-state index contributed by atoms with van der Waals surface area (Å²) < 4.78 is 27.9. The Labute approximate surface area is 161 Å². The first-order chi connectivity index (χ1) is 12.8. The van der Waals surface area contributed by atoms with Gasteiger partial charge in [0.1, 0.15) is 0 Å². The van der Waals surface area contributed by atoms with Gasteiger partial charge in [0, 0.05) is 37.7 Å². The number of nitrogens with zero attached hydrogens (tertiary/aromatic N) is 1. The molecule has 2 rings (SSSR count). The second-order valence-electron chi connectivity index (χ2n) is 6.94. The Morgan fingerprint density at radius 2 is 1.67 bits per heavy atom. The van der Waals surface area contributed by atoms with E-state index in [-0.39, 0.29) is 28.7 Å². The minimum atomic E-state index is -3.63. The van der Waals surface area contributed by atoms with Crippen molar-refractivity contribution in [3.8, 4) is 0 Å². The number of nitrogens with one attached hydrogen (secondary N) is 2. The zero-order chi connectivity index (χ0) is 20.0. The maximum atomic E-state index is 12.6. The SMILES string of the molecule is CCC(CC)C(=O)N1CCC(NS(=O)(=O)c2ccc(NC(C)=O)cc2)CC1. The van der Waals surface area contributed by atoms with Crippen LogP contribution in [-0.2, 0) is 19.6 Å². The number of carbonyl (C=O) groups excluding carboxylic acids is 2. The molecule has 0 saturated carbocycles. The quantitative estimate of drug-likeness (QED) is 0.741. The Morgan fingerprint density at radius 3 is 2.15 bits per heavy atom. The number of amides is 2. The molecule has 1 aromatic rings. The highest BCUT2D eigenvalue weighted by Crippen LogP contribution is 2.20. The van der Waals surface area contributed by atoms with Gasteiger partial charge in [0.15, 0.2) is 0 Å². The molecule has 0 bridgehead atoms. The highest BCUT2D eigenvalue weighted by atomic mass is 32.2. The van der Waals surface area contributed by atoms with Crippen LogP contribution in [0.3, 0.4) is 0 Å². The minimum Gasteiger partial charge on any atom is -0.342 e. The first kappa shape index (κ1) is 21.4. The van der Waals surface area contributed by atoms with Crippen LogP contribution in [0.4, 0.5) is 5.69 Å². The molecule has 27 heavy (non-hydrogen) atoms. The summed E-state index contributed by atoms with van der Waals surface area (Å²) in [6, 6.07) is 5.88. The molecule has 2 amide bonds. The minimum absolute atomic E-state index is 0.0559. The summed E-state index contributed by atoms with van der Waals surface area (Å²) in [6.45, 7) is 6.58. The normalized spacial score (nSPS) is 15.8. The molecule has 7 nitrogen and oxygen atoms in total. The zero-order valence-electron chi connectivity index (χ0n) is 16.2. The van der Waals surface area contributed by atoms with Crippen LogP contribution in [-0.4, -0.2) is 44.3 Å². The van der Waals surface area contributed by atoms with E-state index in [0.29, 0.717) is 31.6 Å². The second kappa shape index (κ2) is 9.32. The van der Waals surface area contributed by atoms with Crippen LogP contribution in [0, 0.1) is 5.92 Å². The Balaban J connectivity index is 1.93. The molecule has 150 valence electrons. The van der Waals surface area contributed by atoms with Crippen LogP contribution in [0.5, 0.6) is 0 Å². The molecule has 1 aliphatic heterocycles. The number of hydrogen-bond acceptors (Lipinski definition) is 4. The van der Waals surface area contributed by atoms with Gasteiger partial charge in [-0.1, -0.05) is 13.8 Å². The standard InChI is InChI=1S/C19H29N3O4S/c1-4-15(5-2)19(24)22-12-10-17(11-13-22)21-27(25,26)18-8-6-16(7-9-18)20-14(3)23/h6-9,15,17,21H,4-5,10-13H2,1-3H3,(H,20,23). The first-order valence-electron chi connectivity index (χ1n) is 9.45. The molecule has 1 saturated heterocycles. The average Bonchev–Trinajstić information content (AvgIpc) is 2.63. The summed E-state index contributed by atoms with van der Waals surface area (Å²) in [7, 11) is -3.63. The second-order valence-corrected chi connectivity index (χ2v) is 8.65. The fourth-order valence-electron chi connectivity index (χ4n) is 3.32. The van der Waals surface area contributed by atoms with E-state index in [4.69, 9.17) is 0 Å². The largest absolute Gasteiger partial charge is 0.342 e. The number of sulfonamides is 1. The van der Waals surface area contributed by atoms with Gasteiger partial charge < -0.3 is 10.2 Å². The van der Waals surface area contributed by atoms with Crippen LogP contribution in [0.25, 0.3) is 0 Å². The number of benzene rings is 1. The van der Waals surface area contributed by atoms with Crippen molar-refractivity contribution < 1.29 is 18.0 Å². The van der Waals surface area contributed by atoms with Crippen molar-refractivity contribution in [1.29, 1.82) is 0 Å². The van der Waals surface area contributed by atoms with Crippen LogP contribution < -0.4 is 10.0 Å². The third-order valence-corrected chi connectivity index (χ3v) is 6.48. The summed E-state index contributed by atoms with van der Waals surface area (Å²) in [5.74, 6) is 0.0219. The van der Waals surface area contributed by atoms with E-state index < -0.39 is 10.0 Å². The lowest BCUT2D eigenvalue weighted by Gasteiger charge is -2.34. The van der Waals surface area contributed by atoms with Crippen molar-refractivity contribution in [2.75, 3.05) is 18.4 Å². The van der Waals surface area contributed by atoms with Gasteiger partial charge in [-0.15, -0.1) is 0 Å². The van der Waals surface area contributed by atoms with Crippen molar-refractivity contribution in [2.24, 2.45) is 5.92 Å². The summed E-state index contributed by atoms with van der Waals surface area (Å²) in [4.78, 5) is 25.5. The monoisotopic (exact) mass is 395 g/mol. The third kappa shape index (κ3) is 5.77. The molecule has 2 N–H and O–H groups in total. The van der Waals surface area contributed by atoms with Gasteiger partial charge in [0.2, 0.25) is 21.8 Å². The highest BCUT2D eigenvalue weighted by molar-refractivity contribution is 7.89. The van der Waals surface area contributed by atoms with Gasteiger partial charge in [-0.2, -0.15) is 0 Å². The molecule has 1 aliphatic rings. The molecule has 0 radical (unpaired) electrons. The lowest BCUT2D eigenvalue weighted by molar-refractivity contribution is -0.136. The van der Waals surface area contributed by atoms with Crippen LogP contribution in [0.1, 0.15) is 46.5 Å². The maximum Gasteiger partial charge on any atom is 0.240 e. The summed E-state index contributed by atoms with van der Waals surface area (Å²) >= 11 is 0. The van der Waals surface area contributed by atoms with Crippen molar-refractivity contribution >= 4 is 27.5 Å². The Kier molecular flexibility index (Phi) is 7.38.